The van der Waals surface area contributed by atoms with Crippen molar-refractivity contribution in [3.05, 3.63) is 35.4 Å². The zero-order valence-corrected chi connectivity index (χ0v) is 14.6. The third-order valence-electron chi connectivity index (χ3n) is 5.09. The van der Waals surface area contributed by atoms with Crippen molar-refractivity contribution in [2.24, 2.45) is 0 Å². The molecule has 0 radical (unpaired) electrons. The molecular formula is C19H27F2N3O. The second kappa shape index (κ2) is 8.23. The number of alkyl halides is 2. The fourth-order valence-electron chi connectivity index (χ4n) is 3.63. The summed E-state index contributed by atoms with van der Waals surface area (Å²) < 4.78 is 26.5. The molecule has 4 nitrogen and oxygen atoms in total. The first kappa shape index (κ1) is 18.3. The van der Waals surface area contributed by atoms with Gasteiger partial charge in [0, 0.05) is 19.5 Å². The maximum absolute atomic E-state index is 13.2. The first-order chi connectivity index (χ1) is 12.0. The molecule has 0 aliphatic carbocycles. The lowest BCUT2D eigenvalue weighted by Gasteiger charge is -2.22. The van der Waals surface area contributed by atoms with Gasteiger partial charge in [-0.1, -0.05) is 37.1 Å². The lowest BCUT2D eigenvalue weighted by Crippen LogP contribution is -2.40. The van der Waals surface area contributed by atoms with Gasteiger partial charge in [0.05, 0.1) is 12.6 Å². The van der Waals surface area contributed by atoms with Crippen LogP contribution in [0, 0.1) is 0 Å². The fourth-order valence-corrected chi connectivity index (χ4v) is 3.63. The number of nitrogens with zero attached hydrogens (tertiary/aromatic N) is 1. The second-order valence-electron chi connectivity index (χ2n) is 7.17. The summed E-state index contributed by atoms with van der Waals surface area (Å²) in [6.07, 6.45) is 4.65. The summed E-state index contributed by atoms with van der Waals surface area (Å²) in [5, 5.41) is 5.42. The van der Waals surface area contributed by atoms with Crippen LogP contribution in [-0.2, 0) is 17.9 Å². The molecule has 3 rings (SSSR count). The van der Waals surface area contributed by atoms with Gasteiger partial charge in [-0.25, -0.2) is 8.78 Å². The molecule has 138 valence electrons. The minimum absolute atomic E-state index is 0.346. The summed E-state index contributed by atoms with van der Waals surface area (Å²) in [4.78, 5) is 14.6. The maximum Gasteiger partial charge on any atom is 0.262 e. The largest absolute Gasteiger partial charge is 0.351 e. The predicted molar refractivity (Wildman–Crippen MR) is 93.4 cm³/mol. The Morgan fingerprint density at radius 2 is 1.84 bits per heavy atom. The smallest absolute Gasteiger partial charge is 0.262 e. The van der Waals surface area contributed by atoms with Crippen molar-refractivity contribution in [3.8, 4) is 0 Å². The minimum atomic E-state index is -2.79. The van der Waals surface area contributed by atoms with E-state index in [1.54, 1.807) is 0 Å². The number of halogens is 2. The first-order valence-electron chi connectivity index (χ1n) is 9.22. The molecule has 2 aliphatic rings. The Hall–Kier alpha value is -1.53. The topological polar surface area (TPSA) is 44.4 Å². The quantitative estimate of drug-likeness (QED) is 0.857. The van der Waals surface area contributed by atoms with Gasteiger partial charge in [0.15, 0.2) is 0 Å². The van der Waals surface area contributed by atoms with Crippen LogP contribution in [0.4, 0.5) is 8.78 Å². The van der Waals surface area contributed by atoms with E-state index in [0.29, 0.717) is 6.54 Å². The summed E-state index contributed by atoms with van der Waals surface area (Å²) in [5.41, 5.74) is 2.26. The van der Waals surface area contributed by atoms with E-state index in [9.17, 15) is 13.6 Å². The second-order valence-corrected chi connectivity index (χ2v) is 7.17. The lowest BCUT2D eigenvalue weighted by atomic mass is 10.1. The van der Waals surface area contributed by atoms with Crippen LogP contribution in [0.25, 0.3) is 0 Å². The molecule has 1 atom stereocenters. The molecule has 2 fully saturated rings. The van der Waals surface area contributed by atoms with Gasteiger partial charge in [0.2, 0.25) is 5.91 Å². The number of amides is 1. The predicted octanol–water partition coefficient (Wildman–Crippen LogP) is 2.68. The van der Waals surface area contributed by atoms with Crippen molar-refractivity contribution in [2.45, 2.75) is 57.2 Å². The van der Waals surface area contributed by atoms with E-state index in [0.717, 1.165) is 25.2 Å². The van der Waals surface area contributed by atoms with Gasteiger partial charge in [-0.3, -0.25) is 15.0 Å². The van der Waals surface area contributed by atoms with Gasteiger partial charge in [-0.05, 0) is 37.1 Å². The Balaban J connectivity index is 1.56. The van der Waals surface area contributed by atoms with Gasteiger partial charge < -0.3 is 5.32 Å². The highest BCUT2D eigenvalue weighted by Crippen LogP contribution is 2.25. The molecule has 0 aromatic heterocycles. The lowest BCUT2D eigenvalue weighted by molar-refractivity contribution is -0.123. The van der Waals surface area contributed by atoms with Crippen molar-refractivity contribution in [1.29, 1.82) is 0 Å². The summed E-state index contributed by atoms with van der Waals surface area (Å²) in [6.45, 7) is 3.07. The average molecular weight is 351 g/mol. The third-order valence-corrected chi connectivity index (χ3v) is 5.09. The number of carbonyl (C=O) groups is 1. The van der Waals surface area contributed by atoms with Gasteiger partial charge in [-0.15, -0.1) is 0 Å². The van der Waals surface area contributed by atoms with Crippen molar-refractivity contribution in [2.75, 3.05) is 19.6 Å². The summed E-state index contributed by atoms with van der Waals surface area (Å²) >= 11 is 0. The zero-order chi connectivity index (χ0) is 17.7. The van der Waals surface area contributed by atoms with Crippen LogP contribution in [0.2, 0.25) is 0 Å². The molecule has 2 saturated heterocycles. The van der Waals surface area contributed by atoms with E-state index in [2.05, 4.69) is 21.6 Å². The van der Waals surface area contributed by atoms with Gasteiger partial charge >= 0.3 is 0 Å². The van der Waals surface area contributed by atoms with Crippen LogP contribution in [0.5, 0.6) is 0 Å². The number of hydrogen-bond acceptors (Lipinski definition) is 3. The molecule has 0 saturated carbocycles. The molecule has 6 heteroatoms. The van der Waals surface area contributed by atoms with E-state index in [4.69, 9.17) is 0 Å². The zero-order valence-electron chi connectivity index (χ0n) is 14.6. The van der Waals surface area contributed by atoms with E-state index in [1.807, 2.05) is 18.2 Å². The monoisotopic (exact) mass is 351 g/mol. The molecular weight excluding hydrogens is 324 g/mol. The number of nitrogens with one attached hydrogen (secondary N) is 2. The normalized spacial score (nSPS) is 24.0. The Bertz CT molecular complexity index is 586. The highest BCUT2D eigenvalue weighted by Gasteiger charge is 2.42. The number of carbonyl (C=O) groups excluding carboxylic acids is 1. The van der Waals surface area contributed by atoms with E-state index >= 15 is 0 Å². The van der Waals surface area contributed by atoms with E-state index in [-0.39, 0.29) is 5.91 Å². The number of likely N-dealkylation sites (tertiary alicyclic amines) is 1. The van der Waals surface area contributed by atoms with Gasteiger partial charge in [-0.2, -0.15) is 0 Å². The first-order valence-corrected chi connectivity index (χ1v) is 9.22. The Morgan fingerprint density at radius 1 is 1.16 bits per heavy atom. The molecule has 2 N–H and O–H groups in total. The van der Waals surface area contributed by atoms with Gasteiger partial charge in [0.1, 0.15) is 0 Å². The summed E-state index contributed by atoms with van der Waals surface area (Å²) in [5.74, 6) is -3.13. The van der Waals surface area contributed by atoms with Crippen molar-refractivity contribution < 1.29 is 13.6 Å². The SMILES string of the molecule is O=C(NCc1ccccc1CN1CCCCCC1)C1CC(F)(F)CN1. The fraction of sp³-hybridized carbons (Fsp3) is 0.632. The molecule has 25 heavy (non-hydrogen) atoms. The summed E-state index contributed by atoms with van der Waals surface area (Å²) in [7, 11) is 0. The molecule has 2 aliphatic heterocycles. The Morgan fingerprint density at radius 3 is 2.48 bits per heavy atom. The van der Waals surface area contributed by atoms with E-state index in [1.165, 1.54) is 31.2 Å². The van der Waals surface area contributed by atoms with Crippen LogP contribution in [0.1, 0.15) is 43.2 Å². The maximum atomic E-state index is 13.2. The molecule has 1 amide bonds. The Kier molecular flexibility index (Phi) is 6.02. The highest BCUT2D eigenvalue weighted by atomic mass is 19.3. The molecule has 1 aromatic carbocycles. The summed E-state index contributed by atoms with van der Waals surface area (Å²) in [6, 6.07) is 7.26. The average Bonchev–Trinajstić information content (AvgIpc) is 2.80. The van der Waals surface area contributed by atoms with Crippen molar-refractivity contribution >= 4 is 5.91 Å². The molecule has 0 spiro atoms. The van der Waals surface area contributed by atoms with Crippen LogP contribution in [0.15, 0.2) is 24.3 Å². The third kappa shape index (κ3) is 5.22. The van der Waals surface area contributed by atoms with Crippen LogP contribution in [-0.4, -0.2) is 42.4 Å². The van der Waals surface area contributed by atoms with E-state index < -0.39 is 24.9 Å². The number of benzene rings is 1. The molecule has 0 bridgehead atoms. The standard InChI is InChI=1S/C19H27F2N3O/c20-19(21)11-17(23-14-19)18(25)22-12-15-7-3-4-8-16(15)13-24-9-5-1-2-6-10-24/h3-4,7-8,17,23H,1-2,5-6,9-14H2,(H,22,25). The van der Waals surface area contributed by atoms with Crippen LogP contribution < -0.4 is 10.6 Å². The number of rotatable bonds is 5. The highest BCUT2D eigenvalue weighted by molar-refractivity contribution is 5.82. The Labute approximate surface area is 148 Å². The number of hydrogen-bond donors (Lipinski definition) is 2. The van der Waals surface area contributed by atoms with Crippen molar-refractivity contribution in [1.82, 2.24) is 15.5 Å². The molecule has 1 aromatic rings. The van der Waals surface area contributed by atoms with Crippen LogP contribution in [0.3, 0.4) is 0 Å². The van der Waals surface area contributed by atoms with Gasteiger partial charge in [0.25, 0.3) is 5.92 Å². The molecule has 1 unspecified atom stereocenters. The minimum Gasteiger partial charge on any atom is -0.351 e. The van der Waals surface area contributed by atoms with Crippen molar-refractivity contribution in [3.63, 3.8) is 0 Å². The van der Waals surface area contributed by atoms with Crippen LogP contribution >= 0.6 is 0 Å². The molecule has 2 heterocycles.